The smallest absolute Gasteiger partial charge is 0.341 e. The average molecular weight is 308 g/mol. The fraction of sp³-hybridized carbons (Fsp3) is 0.400. The number of unbranched alkanes of at least 4 members (excludes halogenated alkanes) is 1. The topological polar surface area (TPSA) is 110 Å². The molecule has 22 heavy (non-hydrogen) atoms. The maximum absolute atomic E-state index is 12.4. The molecule has 0 aliphatic heterocycles. The molecule has 7 nitrogen and oxygen atoms in total. The zero-order chi connectivity index (χ0) is 16.5. The minimum Gasteiger partial charge on any atom is -0.482 e. The Hall–Kier alpha value is -2.57. The SMILES string of the molecule is CCCCN(CC(N)=O)C(=O)c1cccc(OCC(=O)O)c1. The van der Waals surface area contributed by atoms with Crippen molar-refractivity contribution in [2.75, 3.05) is 19.7 Å². The highest BCUT2D eigenvalue weighted by Crippen LogP contribution is 2.15. The maximum Gasteiger partial charge on any atom is 0.341 e. The molecule has 7 heteroatoms. The summed E-state index contributed by atoms with van der Waals surface area (Å²) in [6.07, 6.45) is 1.64. The maximum atomic E-state index is 12.4. The third-order valence-electron chi connectivity index (χ3n) is 2.86. The number of carboxylic acid groups (broad SMARTS) is 1. The van der Waals surface area contributed by atoms with Crippen LogP contribution in [0.1, 0.15) is 30.1 Å². The molecule has 1 aromatic carbocycles. The van der Waals surface area contributed by atoms with Gasteiger partial charge in [-0.15, -0.1) is 0 Å². The standard InChI is InChI=1S/C15H20N2O5/c1-2-3-7-17(9-13(16)18)15(21)11-5-4-6-12(8-11)22-10-14(19)20/h4-6,8H,2-3,7,9-10H2,1H3,(H2,16,18)(H,19,20). The van der Waals surface area contributed by atoms with Crippen molar-refractivity contribution in [1.82, 2.24) is 4.90 Å². The second-order valence-corrected chi connectivity index (χ2v) is 4.76. The van der Waals surface area contributed by atoms with Gasteiger partial charge in [0.25, 0.3) is 5.91 Å². The molecule has 0 spiro atoms. The highest BCUT2D eigenvalue weighted by atomic mass is 16.5. The Bertz CT molecular complexity index is 544. The first-order chi connectivity index (χ1) is 10.4. The molecule has 1 aromatic rings. The predicted octanol–water partition coefficient (Wildman–Crippen LogP) is 0.878. The summed E-state index contributed by atoms with van der Waals surface area (Å²) in [5.74, 6) is -1.74. The average Bonchev–Trinajstić information content (AvgIpc) is 2.48. The minimum absolute atomic E-state index is 0.154. The van der Waals surface area contributed by atoms with Crippen LogP contribution in [-0.4, -0.2) is 47.5 Å². The second kappa shape index (κ2) is 8.66. The van der Waals surface area contributed by atoms with E-state index in [1.807, 2.05) is 6.92 Å². The molecule has 0 saturated heterocycles. The third-order valence-corrected chi connectivity index (χ3v) is 2.86. The van der Waals surface area contributed by atoms with E-state index < -0.39 is 18.5 Å². The highest BCUT2D eigenvalue weighted by Gasteiger charge is 2.17. The van der Waals surface area contributed by atoms with Crippen molar-refractivity contribution < 1.29 is 24.2 Å². The van der Waals surface area contributed by atoms with Gasteiger partial charge in [0.2, 0.25) is 5.91 Å². The van der Waals surface area contributed by atoms with Crippen molar-refractivity contribution in [3.8, 4) is 5.75 Å². The lowest BCUT2D eigenvalue weighted by Crippen LogP contribution is -2.39. The van der Waals surface area contributed by atoms with Crippen LogP contribution in [0.25, 0.3) is 0 Å². The van der Waals surface area contributed by atoms with E-state index in [0.717, 1.165) is 12.8 Å². The quantitative estimate of drug-likeness (QED) is 0.703. The monoisotopic (exact) mass is 308 g/mol. The van der Waals surface area contributed by atoms with E-state index in [2.05, 4.69) is 0 Å². The van der Waals surface area contributed by atoms with Crippen molar-refractivity contribution in [3.05, 3.63) is 29.8 Å². The van der Waals surface area contributed by atoms with Gasteiger partial charge in [0.05, 0.1) is 6.54 Å². The number of ether oxygens (including phenoxy) is 1. The van der Waals surface area contributed by atoms with Gasteiger partial charge < -0.3 is 20.5 Å². The van der Waals surface area contributed by atoms with E-state index in [1.54, 1.807) is 18.2 Å². The van der Waals surface area contributed by atoms with Crippen LogP contribution in [0.15, 0.2) is 24.3 Å². The molecule has 0 saturated carbocycles. The summed E-state index contributed by atoms with van der Waals surface area (Å²) in [5.41, 5.74) is 5.49. The van der Waals surface area contributed by atoms with Crippen LogP contribution in [0.5, 0.6) is 5.75 Å². The van der Waals surface area contributed by atoms with E-state index in [9.17, 15) is 14.4 Å². The molecular weight excluding hydrogens is 288 g/mol. The van der Waals surface area contributed by atoms with Crippen LogP contribution >= 0.6 is 0 Å². The van der Waals surface area contributed by atoms with E-state index in [0.29, 0.717) is 12.1 Å². The fourth-order valence-corrected chi connectivity index (χ4v) is 1.84. The first kappa shape index (κ1) is 17.5. The molecule has 0 aromatic heterocycles. The summed E-state index contributed by atoms with van der Waals surface area (Å²) in [6.45, 7) is 1.77. The Balaban J connectivity index is 2.85. The number of carbonyl (C=O) groups excluding carboxylic acids is 2. The highest BCUT2D eigenvalue weighted by molar-refractivity contribution is 5.96. The number of hydrogen-bond donors (Lipinski definition) is 2. The van der Waals surface area contributed by atoms with Gasteiger partial charge in [-0.3, -0.25) is 9.59 Å². The largest absolute Gasteiger partial charge is 0.482 e. The van der Waals surface area contributed by atoms with Crippen LogP contribution in [0.2, 0.25) is 0 Å². The molecule has 0 atom stereocenters. The molecule has 3 N–H and O–H groups in total. The van der Waals surface area contributed by atoms with Crippen LogP contribution in [0, 0.1) is 0 Å². The predicted molar refractivity (Wildman–Crippen MR) is 79.6 cm³/mol. The number of nitrogens with two attached hydrogens (primary N) is 1. The van der Waals surface area contributed by atoms with E-state index >= 15 is 0 Å². The normalized spacial score (nSPS) is 10.0. The lowest BCUT2D eigenvalue weighted by molar-refractivity contribution is -0.139. The van der Waals surface area contributed by atoms with E-state index in [-0.39, 0.29) is 18.2 Å². The van der Waals surface area contributed by atoms with E-state index in [1.165, 1.54) is 11.0 Å². The van der Waals surface area contributed by atoms with Crippen LogP contribution in [0.3, 0.4) is 0 Å². The summed E-state index contributed by atoms with van der Waals surface area (Å²) < 4.78 is 5.04. The van der Waals surface area contributed by atoms with Gasteiger partial charge in [0.15, 0.2) is 6.61 Å². The number of carboxylic acids is 1. The van der Waals surface area contributed by atoms with Gasteiger partial charge in [0, 0.05) is 12.1 Å². The Kier molecular flexibility index (Phi) is 6.88. The van der Waals surface area contributed by atoms with Gasteiger partial charge in [-0.25, -0.2) is 4.79 Å². The number of nitrogens with zero attached hydrogens (tertiary/aromatic N) is 1. The summed E-state index contributed by atoms with van der Waals surface area (Å²) >= 11 is 0. The molecule has 0 aliphatic rings. The first-order valence-electron chi connectivity index (χ1n) is 6.96. The molecular formula is C15H20N2O5. The molecule has 0 aliphatic carbocycles. The minimum atomic E-state index is -1.10. The molecule has 0 bridgehead atoms. The van der Waals surface area contributed by atoms with Crippen molar-refractivity contribution in [2.24, 2.45) is 5.73 Å². The van der Waals surface area contributed by atoms with Crippen LogP contribution in [-0.2, 0) is 9.59 Å². The van der Waals surface area contributed by atoms with E-state index in [4.69, 9.17) is 15.6 Å². The van der Waals surface area contributed by atoms with Crippen molar-refractivity contribution in [2.45, 2.75) is 19.8 Å². The van der Waals surface area contributed by atoms with Crippen LogP contribution in [0.4, 0.5) is 0 Å². The number of benzene rings is 1. The van der Waals surface area contributed by atoms with Crippen LogP contribution < -0.4 is 10.5 Å². The molecule has 0 radical (unpaired) electrons. The molecule has 0 unspecified atom stereocenters. The fourth-order valence-electron chi connectivity index (χ4n) is 1.84. The van der Waals surface area contributed by atoms with Crippen molar-refractivity contribution in [1.29, 1.82) is 0 Å². The molecule has 0 heterocycles. The van der Waals surface area contributed by atoms with Gasteiger partial charge in [-0.1, -0.05) is 19.4 Å². The Morgan fingerprint density at radius 1 is 1.32 bits per heavy atom. The summed E-state index contributed by atoms with van der Waals surface area (Å²) in [7, 11) is 0. The number of amides is 2. The van der Waals surface area contributed by atoms with Gasteiger partial charge in [0.1, 0.15) is 5.75 Å². The zero-order valence-electron chi connectivity index (χ0n) is 12.4. The number of primary amides is 1. The molecule has 0 fully saturated rings. The number of aliphatic carboxylic acids is 1. The lowest BCUT2D eigenvalue weighted by atomic mass is 10.1. The molecule has 120 valence electrons. The Labute approximate surface area is 128 Å². The van der Waals surface area contributed by atoms with Crippen molar-refractivity contribution >= 4 is 17.8 Å². The number of rotatable bonds is 9. The van der Waals surface area contributed by atoms with Gasteiger partial charge in [-0.05, 0) is 24.6 Å². The Morgan fingerprint density at radius 3 is 2.64 bits per heavy atom. The lowest BCUT2D eigenvalue weighted by Gasteiger charge is -2.21. The summed E-state index contributed by atoms with van der Waals surface area (Å²) in [5, 5.41) is 8.59. The summed E-state index contributed by atoms with van der Waals surface area (Å²) in [6, 6.07) is 6.18. The zero-order valence-corrected chi connectivity index (χ0v) is 12.4. The first-order valence-corrected chi connectivity index (χ1v) is 6.96. The second-order valence-electron chi connectivity index (χ2n) is 4.76. The van der Waals surface area contributed by atoms with Crippen molar-refractivity contribution in [3.63, 3.8) is 0 Å². The third kappa shape index (κ3) is 5.82. The Morgan fingerprint density at radius 2 is 2.05 bits per heavy atom. The molecule has 2 amide bonds. The summed E-state index contributed by atoms with van der Waals surface area (Å²) in [4.78, 5) is 35.4. The number of hydrogen-bond acceptors (Lipinski definition) is 4. The number of carbonyl (C=O) groups is 3. The van der Waals surface area contributed by atoms with Gasteiger partial charge >= 0.3 is 5.97 Å². The van der Waals surface area contributed by atoms with Gasteiger partial charge in [-0.2, -0.15) is 0 Å². The molecule has 1 rings (SSSR count).